The topological polar surface area (TPSA) is 106 Å². The van der Waals surface area contributed by atoms with Gasteiger partial charge >= 0.3 is 0 Å². The molecule has 1 aliphatic heterocycles. The number of morpholine rings is 1. The van der Waals surface area contributed by atoms with Crippen molar-refractivity contribution in [2.75, 3.05) is 66.7 Å². The fraction of sp³-hybridized carbons (Fsp3) is 0.500. The molecule has 0 bridgehead atoms. The first-order valence-electron chi connectivity index (χ1n) is 11.4. The Bertz CT molecular complexity index is 921. The maximum Gasteiger partial charge on any atom is 0.274 e. The predicted molar refractivity (Wildman–Crippen MR) is 126 cm³/mol. The molecule has 0 aliphatic carbocycles. The zero-order valence-electron chi connectivity index (χ0n) is 19.9. The molecule has 1 saturated heterocycles. The summed E-state index contributed by atoms with van der Waals surface area (Å²) >= 11 is 0. The van der Waals surface area contributed by atoms with Crippen LogP contribution >= 0.6 is 0 Å². The lowest BCUT2D eigenvalue weighted by Gasteiger charge is -2.30. The summed E-state index contributed by atoms with van der Waals surface area (Å²) in [6.07, 6.45) is 5.34. The number of nitrogens with one attached hydrogen (secondary N) is 1. The van der Waals surface area contributed by atoms with Crippen LogP contribution in [0.15, 0.2) is 36.8 Å². The van der Waals surface area contributed by atoms with Gasteiger partial charge < -0.3 is 24.4 Å². The van der Waals surface area contributed by atoms with Crippen molar-refractivity contribution in [3.63, 3.8) is 0 Å². The Morgan fingerprint density at radius 2 is 1.91 bits per heavy atom. The zero-order chi connectivity index (χ0) is 24.2. The van der Waals surface area contributed by atoms with E-state index in [1.807, 2.05) is 18.2 Å². The molecule has 3 rings (SSSR count). The molecule has 0 saturated carbocycles. The highest BCUT2D eigenvalue weighted by atomic mass is 16.5. The number of ether oxygens (including phenoxy) is 3. The Balaban J connectivity index is 1.49. The first kappa shape index (κ1) is 25.4. The van der Waals surface area contributed by atoms with Crippen LogP contribution in [0.25, 0.3) is 0 Å². The van der Waals surface area contributed by atoms with Crippen LogP contribution in [-0.2, 0) is 16.0 Å². The monoisotopic (exact) mass is 471 g/mol. The minimum Gasteiger partial charge on any atom is -0.493 e. The minimum atomic E-state index is -0.223. The summed E-state index contributed by atoms with van der Waals surface area (Å²) in [5, 5.41) is 2.93. The molecule has 1 fully saturated rings. The summed E-state index contributed by atoms with van der Waals surface area (Å²) in [5.74, 6) is 0.994. The van der Waals surface area contributed by atoms with Crippen LogP contribution in [0.5, 0.6) is 11.5 Å². The van der Waals surface area contributed by atoms with Gasteiger partial charge in [-0.2, -0.15) is 0 Å². The lowest BCUT2D eigenvalue weighted by molar-refractivity contribution is -0.121. The lowest BCUT2D eigenvalue weighted by atomic mass is 10.1. The second-order valence-corrected chi connectivity index (χ2v) is 7.88. The first-order chi connectivity index (χ1) is 16.6. The average Bonchev–Trinajstić information content (AvgIpc) is 2.89. The molecule has 1 aliphatic rings. The molecule has 2 amide bonds. The second kappa shape index (κ2) is 13.5. The van der Waals surface area contributed by atoms with Crippen LogP contribution in [0.2, 0.25) is 0 Å². The van der Waals surface area contributed by atoms with Crippen molar-refractivity contribution >= 4 is 11.8 Å². The number of carbonyl (C=O) groups excluding carboxylic acids is 2. The number of benzene rings is 1. The predicted octanol–water partition coefficient (Wildman–Crippen LogP) is 1.02. The summed E-state index contributed by atoms with van der Waals surface area (Å²) in [4.78, 5) is 37.5. The van der Waals surface area contributed by atoms with Crippen LogP contribution in [0.4, 0.5) is 0 Å². The third kappa shape index (κ3) is 7.67. The number of rotatable bonds is 12. The van der Waals surface area contributed by atoms with Gasteiger partial charge in [0.1, 0.15) is 5.69 Å². The molecule has 2 heterocycles. The Labute approximate surface area is 200 Å². The van der Waals surface area contributed by atoms with Crippen molar-refractivity contribution in [1.29, 1.82) is 0 Å². The van der Waals surface area contributed by atoms with E-state index in [-0.39, 0.29) is 23.9 Å². The molecule has 184 valence electrons. The van der Waals surface area contributed by atoms with Gasteiger partial charge in [0.2, 0.25) is 5.91 Å². The van der Waals surface area contributed by atoms with Crippen LogP contribution in [0, 0.1) is 0 Å². The van der Waals surface area contributed by atoms with Gasteiger partial charge in [-0.05, 0) is 24.1 Å². The van der Waals surface area contributed by atoms with Gasteiger partial charge in [-0.15, -0.1) is 0 Å². The number of carbonyl (C=O) groups is 2. The molecule has 10 heteroatoms. The summed E-state index contributed by atoms with van der Waals surface area (Å²) in [6, 6.07) is 5.69. The standard InChI is InChI=1S/C24H33N5O5/c1-32-21-4-3-19(17-22(21)33-2)5-7-27-23(30)6-10-29(12-11-28-13-15-34-16-14-28)24(31)20-18-25-8-9-26-20/h3-4,8-9,17-18H,5-7,10-16H2,1-2H3,(H,27,30). The van der Waals surface area contributed by atoms with E-state index in [0.29, 0.717) is 50.8 Å². The molecular formula is C24H33N5O5. The Morgan fingerprint density at radius 3 is 2.62 bits per heavy atom. The van der Waals surface area contributed by atoms with E-state index >= 15 is 0 Å². The number of hydrogen-bond donors (Lipinski definition) is 1. The van der Waals surface area contributed by atoms with Crippen LogP contribution in [-0.4, -0.2) is 98.3 Å². The number of amides is 2. The molecular weight excluding hydrogens is 438 g/mol. The number of hydrogen-bond acceptors (Lipinski definition) is 8. The highest BCUT2D eigenvalue weighted by molar-refractivity contribution is 5.92. The molecule has 1 aromatic carbocycles. The second-order valence-electron chi connectivity index (χ2n) is 7.88. The van der Waals surface area contributed by atoms with Crippen molar-refractivity contribution < 1.29 is 23.8 Å². The van der Waals surface area contributed by atoms with Gasteiger partial charge in [0.05, 0.1) is 33.6 Å². The van der Waals surface area contributed by atoms with E-state index in [0.717, 1.165) is 25.2 Å². The van der Waals surface area contributed by atoms with Gasteiger partial charge in [-0.1, -0.05) is 6.07 Å². The summed E-state index contributed by atoms with van der Waals surface area (Å²) < 4.78 is 16.0. The van der Waals surface area contributed by atoms with E-state index in [9.17, 15) is 9.59 Å². The number of methoxy groups -OCH3 is 2. The molecule has 1 N–H and O–H groups in total. The van der Waals surface area contributed by atoms with Gasteiger partial charge in [-0.25, -0.2) is 4.98 Å². The maximum absolute atomic E-state index is 13.0. The highest BCUT2D eigenvalue weighted by Crippen LogP contribution is 2.27. The van der Waals surface area contributed by atoms with Crippen molar-refractivity contribution in [3.8, 4) is 11.5 Å². The van der Waals surface area contributed by atoms with E-state index < -0.39 is 0 Å². The third-order valence-electron chi connectivity index (χ3n) is 5.65. The van der Waals surface area contributed by atoms with Crippen LogP contribution < -0.4 is 14.8 Å². The molecule has 0 unspecified atom stereocenters. The molecule has 0 radical (unpaired) electrons. The van der Waals surface area contributed by atoms with Crippen molar-refractivity contribution in [3.05, 3.63) is 48.0 Å². The lowest BCUT2D eigenvalue weighted by Crippen LogP contribution is -2.44. The van der Waals surface area contributed by atoms with Gasteiger partial charge in [0.25, 0.3) is 5.91 Å². The Hall–Kier alpha value is -3.24. The average molecular weight is 472 g/mol. The van der Waals surface area contributed by atoms with E-state index in [1.165, 1.54) is 18.6 Å². The van der Waals surface area contributed by atoms with Crippen LogP contribution in [0.1, 0.15) is 22.5 Å². The molecule has 2 aromatic rings. The first-order valence-corrected chi connectivity index (χ1v) is 11.4. The molecule has 0 spiro atoms. The number of aromatic nitrogens is 2. The molecule has 34 heavy (non-hydrogen) atoms. The quantitative estimate of drug-likeness (QED) is 0.489. The van der Waals surface area contributed by atoms with Crippen molar-refractivity contribution in [2.24, 2.45) is 0 Å². The summed E-state index contributed by atoms with van der Waals surface area (Å²) in [6.45, 7) is 5.08. The summed E-state index contributed by atoms with van der Waals surface area (Å²) in [5.41, 5.74) is 1.31. The van der Waals surface area contributed by atoms with Gasteiger partial charge in [-0.3, -0.25) is 19.5 Å². The minimum absolute atomic E-state index is 0.108. The van der Waals surface area contributed by atoms with E-state index in [4.69, 9.17) is 14.2 Å². The zero-order valence-corrected chi connectivity index (χ0v) is 19.9. The van der Waals surface area contributed by atoms with Gasteiger partial charge in [0.15, 0.2) is 11.5 Å². The fourth-order valence-corrected chi connectivity index (χ4v) is 3.68. The molecule has 10 nitrogen and oxygen atoms in total. The van der Waals surface area contributed by atoms with Gasteiger partial charge in [0, 0.05) is 58.1 Å². The highest BCUT2D eigenvalue weighted by Gasteiger charge is 2.20. The number of nitrogens with zero attached hydrogens (tertiary/aromatic N) is 4. The van der Waals surface area contributed by atoms with Crippen molar-refractivity contribution in [2.45, 2.75) is 12.8 Å². The molecule has 1 aromatic heterocycles. The van der Waals surface area contributed by atoms with Crippen molar-refractivity contribution in [1.82, 2.24) is 25.1 Å². The SMILES string of the molecule is COc1ccc(CCNC(=O)CCN(CCN2CCOCC2)C(=O)c2cnccn2)cc1OC. The fourth-order valence-electron chi connectivity index (χ4n) is 3.68. The summed E-state index contributed by atoms with van der Waals surface area (Å²) in [7, 11) is 3.19. The maximum atomic E-state index is 13.0. The Kier molecular flexibility index (Phi) is 10.1. The normalized spacial score (nSPS) is 13.8. The van der Waals surface area contributed by atoms with Crippen LogP contribution in [0.3, 0.4) is 0 Å². The Morgan fingerprint density at radius 1 is 1.12 bits per heavy atom. The molecule has 0 atom stereocenters. The van der Waals surface area contributed by atoms with E-state index in [2.05, 4.69) is 20.2 Å². The third-order valence-corrected chi connectivity index (χ3v) is 5.65. The smallest absolute Gasteiger partial charge is 0.274 e. The largest absolute Gasteiger partial charge is 0.493 e. The van der Waals surface area contributed by atoms with E-state index in [1.54, 1.807) is 19.1 Å².